The maximum absolute atomic E-state index is 11.8. The largest absolute Gasteiger partial charge is 0.410 e. The second kappa shape index (κ2) is 8.88. The van der Waals surface area contributed by atoms with Gasteiger partial charge < -0.3 is 9.73 Å². The van der Waals surface area contributed by atoms with Crippen LogP contribution in [0.4, 0.5) is 4.79 Å². The minimum absolute atomic E-state index is 0.0369. The van der Waals surface area contributed by atoms with Crippen molar-refractivity contribution < 1.29 is 14.0 Å². The molecule has 0 aromatic carbocycles. The van der Waals surface area contributed by atoms with Crippen LogP contribution in [0.15, 0.2) is 15.7 Å². The van der Waals surface area contributed by atoms with E-state index in [1.54, 1.807) is 11.3 Å². The maximum atomic E-state index is 11.8. The van der Waals surface area contributed by atoms with Crippen LogP contribution in [-0.2, 0) is 17.6 Å². The summed E-state index contributed by atoms with van der Waals surface area (Å²) in [7, 11) is 0. The summed E-state index contributed by atoms with van der Waals surface area (Å²) in [6.45, 7) is 6.75. The topological polar surface area (TPSA) is 97.1 Å². The quantitative estimate of drug-likeness (QED) is 0.710. The number of imide groups is 1. The number of urea groups is 1. The van der Waals surface area contributed by atoms with Crippen LogP contribution in [0.5, 0.6) is 0 Å². The molecule has 0 saturated carbocycles. The fourth-order valence-electron chi connectivity index (χ4n) is 2.81. The third-order valence-electron chi connectivity index (χ3n) is 4.20. The highest BCUT2D eigenvalue weighted by atomic mass is 32.2. The van der Waals surface area contributed by atoms with Crippen molar-refractivity contribution in [3.05, 3.63) is 16.5 Å². The molecule has 0 saturated heterocycles. The average Bonchev–Trinajstić information content (AvgIpc) is 3.24. The van der Waals surface area contributed by atoms with Gasteiger partial charge in [0.15, 0.2) is 0 Å². The van der Waals surface area contributed by atoms with Crippen molar-refractivity contribution in [3.8, 4) is 10.8 Å². The van der Waals surface area contributed by atoms with Gasteiger partial charge in [0.25, 0.3) is 11.1 Å². The lowest BCUT2D eigenvalue weighted by atomic mass is 9.90. The summed E-state index contributed by atoms with van der Waals surface area (Å²) >= 11 is 2.82. The molecule has 2 heterocycles. The van der Waals surface area contributed by atoms with E-state index in [1.165, 1.54) is 16.9 Å². The van der Waals surface area contributed by atoms with E-state index >= 15 is 0 Å². The summed E-state index contributed by atoms with van der Waals surface area (Å²) in [5.74, 6) is 1.16. The number of thiophene rings is 1. The van der Waals surface area contributed by atoms with Gasteiger partial charge in [0, 0.05) is 11.4 Å². The zero-order valence-electron chi connectivity index (χ0n) is 15.7. The van der Waals surface area contributed by atoms with Gasteiger partial charge in [-0.1, -0.05) is 32.5 Å². The van der Waals surface area contributed by atoms with Gasteiger partial charge in [-0.15, -0.1) is 21.5 Å². The molecule has 0 spiro atoms. The maximum Gasteiger partial charge on any atom is 0.321 e. The smallest absolute Gasteiger partial charge is 0.321 e. The number of hydrogen-bond acceptors (Lipinski definition) is 7. The highest BCUT2D eigenvalue weighted by Gasteiger charge is 2.21. The second-order valence-corrected chi connectivity index (χ2v) is 9.28. The predicted octanol–water partition coefficient (Wildman–Crippen LogP) is 3.50. The van der Waals surface area contributed by atoms with Crippen molar-refractivity contribution in [2.45, 2.75) is 45.3 Å². The molecule has 9 heteroatoms. The lowest BCUT2D eigenvalue weighted by molar-refractivity contribution is -0.117. The van der Waals surface area contributed by atoms with Crippen molar-refractivity contribution in [3.63, 3.8) is 0 Å². The second-order valence-electron chi connectivity index (χ2n) is 7.22. The minimum Gasteiger partial charge on any atom is -0.410 e. The Bertz CT molecular complexity index is 815. The number of amides is 3. The molecule has 1 aliphatic carbocycles. The molecule has 2 N–H and O–H groups in total. The molecule has 0 fully saturated rings. The molecule has 0 radical (unpaired) electrons. The number of carbonyl (C=O) groups is 2. The first kappa shape index (κ1) is 19.9. The summed E-state index contributed by atoms with van der Waals surface area (Å²) in [4.78, 5) is 25.8. The van der Waals surface area contributed by atoms with Crippen LogP contribution in [0.3, 0.4) is 0 Å². The van der Waals surface area contributed by atoms with E-state index in [0.29, 0.717) is 29.5 Å². The molecule has 0 aliphatic heterocycles. The summed E-state index contributed by atoms with van der Waals surface area (Å²) in [5.41, 5.74) is 1.38. The van der Waals surface area contributed by atoms with Crippen LogP contribution in [-0.4, -0.2) is 34.4 Å². The van der Waals surface area contributed by atoms with Gasteiger partial charge in [-0.25, -0.2) is 4.79 Å². The van der Waals surface area contributed by atoms with Gasteiger partial charge in [0.1, 0.15) is 0 Å². The Balaban J connectivity index is 1.51. The van der Waals surface area contributed by atoms with Crippen molar-refractivity contribution in [1.29, 1.82) is 0 Å². The number of hydrogen-bond donors (Lipinski definition) is 2. The first-order chi connectivity index (χ1) is 12.9. The van der Waals surface area contributed by atoms with Crippen molar-refractivity contribution >= 4 is 35.0 Å². The molecule has 3 amide bonds. The number of carbonyl (C=O) groups excluding carboxylic acids is 2. The van der Waals surface area contributed by atoms with Gasteiger partial charge in [0.2, 0.25) is 5.91 Å². The normalized spacial score (nSPS) is 16.2. The molecular weight excluding hydrogens is 384 g/mol. The molecule has 0 bridgehead atoms. The Kier molecular flexibility index (Phi) is 6.54. The zero-order valence-corrected chi connectivity index (χ0v) is 17.3. The lowest BCUT2D eigenvalue weighted by Crippen LogP contribution is -2.41. The van der Waals surface area contributed by atoms with Gasteiger partial charge in [-0.2, -0.15) is 0 Å². The van der Waals surface area contributed by atoms with Gasteiger partial charge >= 0.3 is 6.03 Å². The fourth-order valence-corrected chi connectivity index (χ4v) is 4.50. The number of thioether (sulfide) groups is 1. The molecule has 3 rings (SSSR count). The summed E-state index contributed by atoms with van der Waals surface area (Å²) in [6, 6.07) is 1.66. The Morgan fingerprint density at radius 2 is 2.22 bits per heavy atom. The van der Waals surface area contributed by atoms with E-state index in [4.69, 9.17) is 4.42 Å². The van der Waals surface area contributed by atoms with Crippen LogP contribution in [0.25, 0.3) is 10.8 Å². The number of nitrogens with zero attached hydrogens (tertiary/aromatic N) is 2. The predicted molar refractivity (Wildman–Crippen MR) is 106 cm³/mol. The summed E-state index contributed by atoms with van der Waals surface area (Å²) < 4.78 is 5.68. The Morgan fingerprint density at radius 1 is 1.41 bits per heavy atom. The van der Waals surface area contributed by atoms with E-state index in [9.17, 15) is 9.59 Å². The third kappa shape index (κ3) is 5.55. The monoisotopic (exact) mass is 408 g/mol. The third-order valence-corrected chi connectivity index (χ3v) is 6.24. The van der Waals surface area contributed by atoms with Crippen LogP contribution in [0, 0.1) is 11.8 Å². The zero-order chi connectivity index (χ0) is 19.4. The highest BCUT2D eigenvalue weighted by molar-refractivity contribution is 7.99. The van der Waals surface area contributed by atoms with Crippen molar-refractivity contribution in [2.75, 3.05) is 12.3 Å². The SMILES string of the molecule is CC(C)CNC(=O)NC(=O)CSc1nnc(-c2cc3c(s2)CCC(C)C3)o1. The number of aryl methyl sites for hydroxylation is 1. The van der Waals surface area contributed by atoms with Crippen molar-refractivity contribution in [1.82, 2.24) is 20.8 Å². The van der Waals surface area contributed by atoms with E-state index < -0.39 is 11.9 Å². The molecule has 2 aromatic rings. The minimum atomic E-state index is -0.487. The Hall–Kier alpha value is -1.87. The first-order valence-corrected chi connectivity index (χ1v) is 10.9. The van der Waals surface area contributed by atoms with E-state index in [-0.39, 0.29) is 5.75 Å². The van der Waals surface area contributed by atoms with Crippen molar-refractivity contribution in [2.24, 2.45) is 11.8 Å². The van der Waals surface area contributed by atoms with Crippen LogP contribution in [0.1, 0.15) is 37.6 Å². The van der Waals surface area contributed by atoms with E-state index in [1.807, 2.05) is 13.8 Å². The fraction of sp³-hybridized carbons (Fsp3) is 0.556. The van der Waals surface area contributed by atoms with Crippen LogP contribution in [0.2, 0.25) is 0 Å². The van der Waals surface area contributed by atoms with Gasteiger partial charge in [-0.3, -0.25) is 10.1 Å². The Morgan fingerprint density at radius 3 is 3.00 bits per heavy atom. The molecule has 7 nitrogen and oxygen atoms in total. The summed E-state index contributed by atoms with van der Waals surface area (Å²) in [6.07, 6.45) is 3.42. The van der Waals surface area contributed by atoms with E-state index in [0.717, 1.165) is 29.5 Å². The molecule has 146 valence electrons. The van der Waals surface area contributed by atoms with E-state index in [2.05, 4.69) is 33.8 Å². The number of aromatic nitrogens is 2. The number of rotatable bonds is 6. The van der Waals surface area contributed by atoms with Crippen LogP contribution < -0.4 is 10.6 Å². The molecule has 1 aliphatic rings. The lowest BCUT2D eigenvalue weighted by Gasteiger charge is -2.16. The standard InChI is InChI=1S/C18H24N4O3S2/c1-10(2)8-19-17(24)20-15(23)9-26-18-22-21-16(25-18)14-7-12-6-11(3)4-5-13(12)27-14/h7,10-11H,4-6,8-9H2,1-3H3,(H2,19,20,23,24). The number of nitrogens with one attached hydrogen (secondary N) is 2. The number of fused-ring (bicyclic) bond motifs is 1. The molecule has 27 heavy (non-hydrogen) atoms. The first-order valence-electron chi connectivity index (χ1n) is 9.06. The van der Waals surface area contributed by atoms with Gasteiger partial charge in [0.05, 0.1) is 10.6 Å². The summed E-state index contributed by atoms with van der Waals surface area (Å²) in [5, 5.41) is 13.3. The Labute approximate surface area is 166 Å². The molecule has 1 unspecified atom stereocenters. The molecular formula is C18H24N4O3S2. The highest BCUT2D eigenvalue weighted by Crippen LogP contribution is 2.37. The molecule has 1 atom stereocenters. The average molecular weight is 409 g/mol. The van der Waals surface area contributed by atoms with Crippen LogP contribution >= 0.6 is 23.1 Å². The molecule has 2 aromatic heterocycles. The van der Waals surface area contributed by atoms with Gasteiger partial charge in [-0.05, 0) is 42.7 Å².